The third kappa shape index (κ3) is 6.36. The highest BCUT2D eigenvalue weighted by Crippen LogP contribution is 2.23. The van der Waals surface area contributed by atoms with E-state index < -0.39 is 0 Å². The second-order valence-corrected chi connectivity index (χ2v) is 8.31. The molecule has 0 radical (unpaired) electrons. The highest BCUT2D eigenvalue weighted by molar-refractivity contribution is 7.99. The molecule has 11 heteroatoms. The van der Waals surface area contributed by atoms with Gasteiger partial charge in [-0.1, -0.05) is 11.8 Å². The van der Waals surface area contributed by atoms with Gasteiger partial charge in [-0.05, 0) is 48.5 Å². The van der Waals surface area contributed by atoms with Crippen LogP contribution in [0.25, 0.3) is 11.5 Å². The van der Waals surface area contributed by atoms with Gasteiger partial charge in [-0.3, -0.25) is 14.5 Å². The molecule has 8 nitrogen and oxygen atoms in total. The Morgan fingerprint density at radius 1 is 0.939 bits per heavy atom. The minimum absolute atomic E-state index is 0.0584. The average Bonchev–Trinajstić information content (AvgIpc) is 3.29. The molecule has 1 N–H and O–H groups in total. The Kier molecular flexibility index (Phi) is 7.30. The van der Waals surface area contributed by atoms with Gasteiger partial charge in [0.05, 0.1) is 12.3 Å². The zero-order valence-electron chi connectivity index (χ0n) is 17.5. The van der Waals surface area contributed by atoms with E-state index in [1.165, 1.54) is 36.4 Å². The second-order valence-electron chi connectivity index (χ2n) is 7.38. The van der Waals surface area contributed by atoms with Crippen molar-refractivity contribution < 1.29 is 22.8 Å². The van der Waals surface area contributed by atoms with Gasteiger partial charge >= 0.3 is 0 Å². The summed E-state index contributed by atoms with van der Waals surface area (Å²) in [5.41, 5.74) is 1.14. The maximum Gasteiger partial charge on any atom is 0.277 e. The third-order valence-corrected chi connectivity index (χ3v) is 5.84. The molecule has 0 spiro atoms. The number of thioether (sulfide) groups is 1. The highest BCUT2D eigenvalue weighted by Gasteiger charge is 2.23. The predicted octanol–water partition coefficient (Wildman–Crippen LogP) is 2.89. The quantitative estimate of drug-likeness (QED) is 0.528. The van der Waals surface area contributed by atoms with Gasteiger partial charge in [0, 0.05) is 37.4 Å². The van der Waals surface area contributed by atoms with Crippen LogP contribution in [0.1, 0.15) is 0 Å². The molecular weight excluding hydrogens is 452 g/mol. The second kappa shape index (κ2) is 10.5. The van der Waals surface area contributed by atoms with Gasteiger partial charge in [-0.2, -0.15) is 0 Å². The molecule has 0 bridgehead atoms. The first-order chi connectivity index (χ1) is 16.0. The van der Waals surface area contributed by atoms with Crippen molar-refractivity contribution in [1.82, 2.24) is 20.0 Å². The van der Waals surface area contributed by atoms with E-state index >= 15 is 0 Å². The first-order valence-electron chi connectivity index (χ1n) is 10.2. The molecule has 0 atom stereocenters. The van der Waals surface area contributed by atoms with Crippen molar-refractivity contribution in [3.8, 4) is 11.5 Å². The SMILES string of the molecule is O=C(CN1CCN(C(=O)CSc2nnc(-c3ccc(F)cc3)o2)CC1)Nc1ccc(F)cc1. The van der Waals surface area contributed by atoms with Crippen LogP contribution in [-0.4, -0.2) is 70.3 Å². The fourth-order valence-electron chi connectivity index (χ4n) is 3.28. The van der Waals surface area contributed by atoms with Crippen molar-refractivity contribution >= 4 is 29.3 Å². The number of nitrogens with one attached hydrogen (secondary N) is 1. The summed E-state index contributed by atoms with van der Waals surface area (Å²) in [6.45, 7) is 2.36. The Bertz CT molecular complexity index is 1100. The fraction of sp³-hybridized carbons (Fsp3) is 0.273. The smallest absolute Gasteiger partial charge is 0.277 e. The van der Waals surface area contributed by atoms with E-state index in [4.69, 9.17) is 4.42 Å². The normalized spacial score (nSPS) is 14.3. The van der Waals surface area contributed by atoms with E-state index in [1.54, 1.807) is 17.0 Å². The van der Waals surface area contributed by atoms with Crippen LogP contribution in [0.15, 0.2) is 58.2 Å². The van der Waals surface area contributed by atoms with Crippen LogP contribution >= 0.6 is 11.8 Å². The summed E-state index contributed by atoms with van der Waals surface area (Å²) < 4.78 is 31.5. The molecule has 2 aromatic carbocycles. The highest BCUT2D eigenvalue weighted by atomic mass is 32.2. The Balaban J connectivity index is 1.19. The third-order valence-electron chi connectivity index (χ3n) is 5.04. The van der Waals surface area contributed by atoms with Gasteiger partial charge in [0.15, 0.2) is 0 Å². The molecule has 1 fully saturated rings. The lowest BCUT2D eigenvalue weighted by atomic mass is 10.2. The molecule has 4 rings (SSSR count). The van der Waals surface area contributed by atoms with Crippen LogP contribution < -0.4 is 5.32 Å². The monoisotopic (exact) mass is 473 g/mol. The topological polar surface area (TPSA) is 91.6 Å². The number of hydrogen-bond donors (Lipinski definition) is 1. The molecule has 33 heavy (non-hydrogen) atoms. The summed E-state index contributed by atoms with van der Waals surface area (Å²) in [6.07, 6.45) is 0. The van der Waals surface area contributed by atoms with Crippen LogP contribution in [0.2, 0.25) is 0 Å². The Morgan fingerprint density at radius 2 is 1.58 bits per heavy atom. The summed E-state index contributed by atoms with van der Waals surface area (Å²) in [7, 11) is 0. The van der Waals surface area contributed by atoms with Crippen LogP contribution in [-0.2, 0) is 9.59 Å². The minimum atomic E-state index is -0.362. The average molecular weight is 474 g/mol. The number of nitrogens with zero attached hydrogens (tertiary/aromatic N) is 4. The van der Waals surface area contributed by atoms with Gasteiger partial charge < -0.3 is 14.6 Å². The lowest BCUT2D eigenvalue weighted by Crippen LogP contribution is -2.50. The van der Waals surface area contributed by atoms with Crippen molar-refractivity contribution in [3.05, 3.63) is 60.2 Å². The predicted molar refractivity (Wildman–Crippen MR) is 118 cm³/mol. The molecule has 1 aromatic heterocycles. The number of hydrogen-bond acceptors (Lipinski definition) is 7. The standard InChI is InChI=1S/C22H21F2N5O3S/c23-16-3-1-15(2-4-16)21-26-27-22(32-21)33-14-20(31)29-11-9-28(10-12-29)13-19(30)25-18-7-5-17(24)6-8-18/h1-8H,9-14H2,(H,25,30). The zero-order valence-corrected chi connectivity index (χ0v) is 18.4. The largest absolute Gasteiger partial charge is 0.411 e. The molecule has 1 saturated heterocycles. The van der Waals surface area contributed by atoms with Crippen molar-refractivity contribution in [1.29, 1.82) is 0 Å². The van der Waals surface area contributed by atoms with Gasteiger partial charge in [0.25, 0.3) is 5.22 Å². The van der Waals surface area contributed by atoms with E-state index in [1.807, 2.05) is 4.90 Å². The van der Waals surface area contributed by atoms with E-state index in [0.29, 0.717) is 37.4 Å². The molecule has 172 valence electrons. The molecule has 3 aromatic rings. The number of aromatic nitrogens is 2. The molecular formula is C22H21F2N5O3S. The molecule has 2 heterocycles. The molecule has 0 aliphatic carbocycles. The molecule has 1 aliphatic heterocycles. The maximum atomic E-state index is 13.0. The van der Waals surface area contributed by atoms with Crippen LogP contribution in [0.4, 0.5) is 14.5 Å². The van der Waals surface area contributed by atoms with E-state index in [0.717, 1.165) is 11.8 Å². The number of piperazine rings is 1. The van der Waals surface area contributed by atoms with Crippen LogP contribution in [0.5, 0.6) is 0 Å². The lowest BCUT2D eigenvalue weighted by Gasteiger charge is -2.34. The number of rotatable bonds is 7. The first kappa shape index (κ1) is 22.9. The first-order valence-corrected chi connectivity index (χ1v) is 11.2. The van der Waals surface area contributed by atoms with E-state index in [2.05, 4.69) is 15.5 Å². The Morgan fingerprint density at radius 3 is 2.24 bits per heavy atom. The van der Waals surface area contributed by atoms with Gasteiger partial charge in [0.1, 0.15) is 11.6 Å². The summed E-state index contributed by atoms with van der Waals surface area (Å²) in [4.78, 5) is 28.4. The van der Waals surface area contributed by atoms with Gasteiger partial charge in [0.2, 0.25) is 17.7 Å². The number of anilines is 1. The molecule has 2 amide bonds. The molecule has 1 aliphatic rings. The van der Waals surface area contributed by atoms with Crippen molar-refractivity contribution in [3.63, 3.8) is 0 Å². The van der Waals surface area contributed by atoms with Crippen LogP contribution in [0.3, 0.4) is 0 Å². The van der Waals surface area contributed by atoms with E-state index in [9.17, 15) is 18.4 Å². The zero-order chi connectivity index (χ0) is 23.2. The summed E-state index contributed by atoms with van der Waals surface area (Å²) >= 11 is 1.14. The molecule has 0 unspecified atom stereocenters. The summed E-state index contributed by atoms with van der Waals surface area (Å²) in [5, 5.41) is 10.8. The number of amides is 2. The number of halogens is 2. The number of benzene rings is 2. The number of carbonyl (C=O) groups excluding carboxylic acids is 2. The minimum Gasteiger partial charge on any atom is -0.411 e. The van der Waals surface area contributed by atoms with Crippen molar-refractivity contribution in [2.45, 2.75) is 5.22 Å². The van der Waals surface area contributed by atoms with Gasteiger partial charge in [-0.15, -0.1) is 10.2 Å². The summed E-state index contributed by atoms with van der Waals surface area (Å²) in [6, 6.07) is 11.3. The summed E-state index contributed by atoms with van der Waals surface area (Å²) in [5.74, 6) is -0.554. The number of carbonyl (C=O) groups is 2. The van der Waals surface area contributed by atoms with Crippen molar-refractivity contribution in [2.24, 2.45) is 0 Å². The van der Waals surface area contributed by atoms with Gasteiger partial charge in [-0.25, -0.2) is 8.78 Å². The maximum absolute atomic E-state index is 13.0. The van der Waals surface area contributed by atoms with Crippen LogP contribution in [0, 0.1) is 11.6 Å². The molecule has 0 saturated carbocycles. The Hall–Kier alpha value is -3.31. The fourth-order valence-corrected chi connectivity index (χ4v) is 3.95. The van der Waals surface area contributed by atoms with Crippen molar-refractivity contribution in [2.75, 3.05) is 43.8 Å². The lowest BCUT2D eigenvalue weighted by molar-refractivity contribution is -0.130. The Labute approximate surface area is 193 Å². The van der Waals surface area contributed by atoms with E-state index in [-0.39, 0.29) is 46.9 Å².